The number of benzene rings is 2. The summed E-state index contributed by atoms with van der Waals surface area (Å²) in [6.45, 7) is 2.31. The molecule has 0 atom stereocenters. The largest absolute Gasteiger partial charge is 0.380 e. The zero-order valence-corrected chi connectivity index (χ0v) is 11.0. The molecule has 0 unspecified atom stereocenters. The van der Waals surface area contributed by atoms with Crippen LogP contribution in [0.4, 0.5) is 5.69 Å². The average molecular weight is 262 g/mol. The highest BCUT2D eigenvalue weighted by Gasteiger charge is 2.05. The van der Waals surface area contributed by atoms with E-state index in [-0.39, 0.29) is 18.2 Å². The van der Waals surface area contributed by atoms with Gasteiger partial charge in [-0.25, -0.2) is 0 Å². The lowest BCUT2D eigenvalue weighted by Gasteiger charge is -2.09. The first-order chi connectivity index (χ1) is 8.27. The zero-order valence-electron chi connectivity index (χ0n) is 10.2. The molecule has 2 aromatic rings. The lowest BCUT2D eigenvalue weighted by Crippen LogP contribution is -2.04. The van der Waals surface area contributed by atoms with Crippen molar-refractivity contribution >= 4 is 23.9 Å². The monoisotopic (exact) mass is 261 g/mol. The molecule has 2 rings (SSSR count). The minimum absolute atomic E-state index is 0. The highest BCUT2D eigenvalue weighted by molar-refractivity contribution is 5.99. The number of hydrogen-bond acceptors (Lipinski definition) is 2. The summed E-state index contributed by atoms with van der Waals surface area (Å²) in [7, 11) is 0. The van der Waals surface area contributed by atoms with Gasteiger partial charge in [0.25, 0.3) is 0 Å². The molecule has 1 N–H and O–H groups in total. The molecule has 0 bridgehead atoms. The van der Waals surface area contributed by atoms with Crippen molar-refractivity contribution in [1.29, 1.82) is 0 Å². The second-order valence-electron chi connectivity index (χ2n) is 3.94. The Balaban J connectivity index is 0.00000162. The number of anilines is 1. The Hall–Kier alpha value is -1.80. The fourth-order valence-corrected chi connectivity index (χ4v) is 1.74. The zero-order chi connectivity index (χ0) is 12.1. The first-order valence-corrected chi connectivity index (χ1v) is 5.65. The predicted octanol–water partition coefficient (Wildman–Crippen LogP) is 3.92. The van der Waals surface area contributed by atoms with Crippen molar-refractivity contribution in [2.45, 2.75) is 13.5 Å². The number of Topliss-reactive ketones (excluding diaryl/α,β-unsaturated/α-hetero) is 1. The third-order valence-corrected chi connectivity index (χ3v) is 2.63. The smallest absolute Gasteiger partial charge is 0.161 e. The standard InChI is InChI=1S/C15H15NO.ClH/c1-12(17)14-9-5-6-10-15(14)16-11-13-7-3-2-4-8-13;/h2-10,16H,11H2,1H3;1H. The van der Waals surface area contributed by atoms with E-state index < -0.39 is 0 Å². The maximum absolute atomic E-state index is 11.4. The molecule has 94 valence electrons. The van der Waals surface area contributed by atoms with E-state index in [2.05, 4.69) is 17.4 Å². The van der Waals surface area contributed by atoms with Gasteiger partial charge in [0.2, 0.25) is 0 Å². The summed E-state index contributed by atoms with van der Waals surface area (Å²) in [5, 5.41) is 3.29. The van der Waals surface area contributed by atoms with E-state index in [1.54, 1.807) is 6.92 Å². The third kappa shape index (κ3) is 3.60. The van der Waals surface area contributed by atoms with Crippen molar-refractivity contribution < 1.29 is 4.79 Å². The molecule has 0 aromatic heterocycles. The molecule has 0 saturated heterocycles. The molecule has 0 aliphatic carbocycles. The topological polar surface area (TPSA) is 29.1 Å². The first kappa shape index (κ1) is 14.3. The van der Waals surface area contributed by atoms with Crippen LogP contribution >= 0.6 is 12.4 Å². The fraction of sp³-hybridized carbons (Fsp3) is 0.133. The van der Waals surface area contributed by atoms with Crippen LogP contribution in [0.2, 0.25) is 0 Å². The van der Waals surface area contributed by atoms with E-state index in [1.165, 1.54) is 5.56 Å². The molecule has 0 aliphatic rings. The van der Waals surface area contributed by atoms with Gasteiger partial charge in [-0.15, -0.1) is 12.4 Å². The Kier molecular flexibility index (Phi) is 5.40. The number of carbonyl (C=O) groups excluding carboxylic acids is 1. The summed E-state index contributed by atoms with van der Waals surface area (Å²) in [6, 6.07) is 17.7. The minimum Gasteiger partial charge on any atom is -0.380 e. The lowest BCUT2D eigenvalue weighted by atomic mass is 10.1. The second kappa shape index (κ2) is 6.82. The van der Waals surface area contributed by atoms with E-state index in [1.807, 2.05) is 42.5 Å². The van der Waals surface area contributed by atoms with E-state index in [9.17, 15) is 4.79 Å². The van der Waals surface area contributed by atoms with E-state index >= 15 is 0 Å². The van der Waals surface area contributed by atoms with Crippen molar-refractivity contribution in [3.8, 4) is 0 Å². The van der Waals surface area contributed by atoms with Crippen LogP contribution in [0.5, 0.6) is 0 Å². The summed E-state index contributed by atoms with van der Waals surface area (Å²) in [4.78, 5) is 11.4. The van der Waals surface area contributed by atoms with Gasteiger partial charge in [0.1, 0.15) is 0 Å². The molecule has 0 radical (unpaired) electrons. The SMILES string of the molecule is CC(=O)c1ccccc1NCc1ccccc1.Cl. The van der Waals surface area contributed by atoms with Gasteiger partial charge < -0.3 is 5.32 Å². The molecule has 2 aromatic carbocycles. The van der Waals surface area contributed by atoms with Crippen molar-refractivity contribution in [1.82, 2.24) is 0 Å². The normalized spacial score (nSPS) is 9.39. The van der Waals surface area contributed by atoms with Gasteiger partial charge in [0.15, 0.2) is 5.78 Å². The summed E-state index contributed by atoms with van der Waals surface area (Å²) in [5.41, 5.74) is 2.83. The second-order valence-corrected chi connectivity index (χ2v) is 3.94. The average Bonchev–Trinajstić information content (AvgIpc) is 2.38. The predicted molar refractivity (Wildman–Crippen MR) is 77.5 cm³/mol. The Morgan fingerprint density at radius 1 is 1.00 bits per heavy atom. The molecular formula is C15H16ClNO. The van der Waals surface area contributed by atoms with Gasteiger partial charge in [0.05, 0.1) is 0 Å². The van der Waals surface area contributed by atoms with Crippen molar-refractivity contribution in [3.05, 3.63) is 65.7 Å². The number of carbonyl (C=O) groups is 1. The molecule has 0 spiro atoms. The van der Waals surface area contributed by atoms with Crippen LogP contribution in [0.3, 0.4) is 0 Å². The third-order valence-electron chi connectivity index (χ3n) is 2.63. The van der Waals surface area contributed by atoms with Gasteiger partial charge in [-0.2, -0.15) is 0 Å². The number of ketones is 1. The maximum atomic E-state index is 11.4. The van der Waals surface area contributed by atoms with Crippen LogP contribution in [0, 0.1) is 0 Å². The number of hydrogen-bond donors (Lipinski definition) is 1. The molecule has 0 amide bonds. The summed E-state index contributed by atoms with van der Waals surface area (Å²) < 4.78 is 0. The number of rotatable bonds is 4. The highest BCUT2D eigenvalue weighted by atomic mass is 35.5. The van der Waals surface area contributed by atoms with Crippen LogP contribution in [-0.4, -0.2) is 5.78 Å². The molecular weight excluding hydrogens is 246 g/mol. The fourth-order valence-electron chi connectivity index (χ4n) is 1.74. The molecule has 2 nitrogen and oxygen atoms in total. The summed E-state index contributed by atoms with van der Waals surface area (Å²) in [6.07, 6.45) is 0. The van der Waals surface area contributed by atoms with Crippen molar-refractivity contribution in [2.24, 2.45) is 0 Å². The molecule has 0 saturated carbocycles. The van der Waals surface area contributed by atoms with Gasteiger partial charge in [-0.05, 0) is 24.6 Å². The number of nitrogens with one attached hydrogen (secondary N) is 1. The van der Waals surface area contributed by atoms with Crippen LogP contribution in [0.15, 0.2) is 54.6 Å². The van der Waals surface area contributed by atoms with Crippen molar-refractivity contribution in [3.63, 3.8) is 0 Å². The quantitative estimate of drug-likeness (QED) is 0.845. The van der Waals surface area contributed by atoms with Crippen molar-refractivity contribution in [2.75, 3.05) is 5.32 Å². The van der Waals surface area contributed by atoms with E-state index in [0.29, 0.717) is 0 Å². The van der Waals surface area contributed by atoms with Crippen LogP contribution in [-0.2, 0) is 6.54 Å². The van der Waals surface area contributed by atoms with Gasteiger partial charge in [0, 0.05) is 17.8 Å². The molecule has 0 heterocycles. The Morgan fingerprint density at radius 2 is 1.61 bits per heavy atom. The van der Waals surface area contributed by atoms with Crippen LogP contribution in [0.1, 0.15) is 22.8 Å². The van der Waals surface area contributed by atoms with Crippen LogP contribution < -0.4 is 5.32 Å². The minimum atomic E-state index is 0. The molecule has 0 fully saturated rings. The molecule has 18 heavy (non-hydrogen) atoms. The van der Waals surface area contributed by atoms with E-state index in [4.69, 9.17) is 0 Å². The Labute approximate surface area is 113 Å². The number of halogens is 1. The summed E-state index contributed by atoms with van der Waals surface area (Å²) in [5.74, 6) is 0.0844. The molecule has 3 heteroatoms. The van der Waals surface area contributed by atoms with Gasteiger partial charge in [-0.3, -0.25) is 4.79 Å². The first-order valence-electron chi connectivity index (χ1n) is 5.65. The molecule has 0 aliphatic heterocycles. The summed E-state index contributed by atoms with van der Waals surface area (Å²) >= 11 is 0. The Bertz CT molecular complexity index is 511. The van der Waals surface area contributed by atoms with Gasteiger partial charge >= 0.3 is 0 Å². The highest BCUT2D eigenvalue weighted by Crippen LogP contribution is 2.16. The number of para-hydroxylation sites is 1. The lowest BCUT2D eigenvalue weighted by molar-refractivity contribution is 0.101. The Morgan fingerprint density at radius 3 is 2.28 bits per heavy atom. The van der Waals surface area contributed by atoms with Crippen LogP contribution in [0.25, 0.3) is 0 Å². The van der Waals surface area contributed by atoms with E-state index in [0.717, 1.165) is 17.8 Å². The van der Waals surface area contributed by atoms with Gasteiger partial charge in [-0.1, -0.05) is 42.5 Å². The maximum Gasteiger partial charge on any atom is 0.161 e.